The molecule has 19 heavy (non-hydrogen) atoms. The molecule has 1 aliphatic rings. The predicted molar refractivity (Wildman–Crippen MR) is 73.4 cm³/mol. The Morgan fingerprint density at radius 2 is 2.16 bits per heavy atom. The van der Waals surface area contributed by atoms with E-state index in [0.29, 0.717) is 0 Å². The Bertz CT molecular complexity index is 625. The second kappa shape index (κ2) is 5.12. The largest absolute Gasteiger partial charge is 0.241 e. The van der Waals surface area contributed by atoms with E-state index >= 15 is 0 Å². The van der Waals surface area contributed by atoms with Crippen LogP contribution < -0.4 is 4.72 Å². The van der Waals surface area contributed by atoms with Crippen LogP contribution >= 0.6 is 11.6 Å². The molecule has 0 unspecified atom stereocenters. The van der Waals surface area contributed by atoms with Gasteiger partial charge in [-0.3, -0.25) is 0 Å². The molecule has 0 aromatic heterocycles. The summed E-state index contributed by atoms with van der Waals surface area (Å²) in [7, 11) is -3.58. The SMILES string of the molecule is CCC1(NS(=O)(=O)c2ccc(C#N)c(Cl)c2)CCC1. The van der Waals surface area contributed by atoms with Gasteiger partial charge in [0, 0.05) is 5.54 Å². The Hall–Kier alpha value is -1.09. The smallest absolute Gasteiger partial charge is 0.207 e. The molecule has 1 saturated carbocycles. The highest BCUT2D eigenvalue weighted by atomic mass is 35.5. The molecule has 2 rings (SSSR count). The highest BCUT2D eigenvalue weighted by Crippen LogP contribution is 2.36. The molecule has 0 radical (unpaired) electrons. The van der Waals surface area contributed by atoms with Crippen LogP contribution in [-0.2, 0) is 10.0 Å². The van der Waals surface area contributed by atoms with Crippen LogP contribution in [0.1, 0.15) is 38.2 Å². The average molecular weight is 299 g/mol. The lowest BCUT2D eigenvalue weighted by Gasteiger charge is -2.41. The van der Waals surface area contributed by atoms with Crippen molar-refractivity contribution < 1.29 is 8.42 Å². The molecule has 1 N–H and O–H groups in total. The summed E-state index contributed by atoms with van der Waals surface area (Å²) in [5.41, 5.74) is -0.0337. The number of halogens is 1. The molecule has 0 heterocycles. The minimum Gasteiger partial charge on any atom is -0.207 e. The zero-order valence-electron chi connectivity index (χ0n) is 10.6. The lowest BCUT2D eigenvalue weighted by Crippen LogP contribution is -2.52. The summed E-state index contributed by atoms with van der Waals surface area (Å²) in [5.74, 6) is 0. The molecule has 4 nitrogen and oxygen atoms in total. The summed E-state index contributed by atoms with van der Waals surface area (Å²) in [6.07, 6.45) is 3.56. The Morgan fingerprint density at radius 1 is 1.47 bits per heavy atom. The number of nitrogens with one attached hydrogen (secondary N) is 1. The fourth-order valence-corrected chi connectivity index (χ4v) is 4.07. The molecule has 1 fully saturated rings. The van der Waals surface area contributed by atoms with E-state index in [9.17, 15) is 8.42 Å². The second-order valence-corrected chi connectivity index (χ2v) is 6.94. The molecule has 1 aromatic carbocycles. The van der Waals surface area contributed by atoms with Crippen LogP contribution in [0.25, 0.3) is 0 Å². The maximum Gasteiger partial charge on any atom is 0.241 e. The van der Waals surface area contributed by atoms with Crippen molar-refractivity contribution in [3.05, 3.63) is 28.8 Å². The van der Waals surface area contributed by atoms with E-state index in [0.717, 1.165) is 25.7 Å². The molecule has 0 spiro atoms. The van der Waals surface area contributed by atoms with Gasteiger partial charge in [0.15, 0.2) is 0 Å². The van der Waals surface area contributed by atoms with Crippen molar-refractivity contribution >= 4 is 21.6 Å². The lowest BCUT2D eigenvalue weighted by atomic mass is 9.76. The van der Waals surface area contributed by atoms with Crippen molar-refractivity contribution in [3.8, 4) is 6.07 Å². The number of sulfonamides is 1. The van der Waals surface area contributed by atoms with Gasteiger partial charge in [0.1, 0.15) is 6.07 Å². The first-order valence-electron chi connectivity index (χ1n) is 6.16. The summed E-state index contributed by atoms with van der Waals surface area (Å²) in [5, 5.41) is 8.94. The lowest BCUT2D eigenvalue weighted by molar-refractivity contribution is 0.214. The quantitative estimate of drug-likeness (QED) is 0.929. The summed E-state index contributed by atoms with van der Waals surface area (Å²) in [4.78, 5) is 0.108. The van der Waals surface area contributed by atoms with Crippen molar-refractivity contribution in [2.75, 3.05) is 0 Å². The summed E-state index contributed by atoms with van der Waals surface area (Å²) < 4.78 is 27.4. The van der Waals surface area contributed by atoms with Crippen molar-refractivity contribution in [1.82, 2.24) is 4.72 Å². The zero-order chi connectivity index (χ0) is 14.1. The first-order chi connectivity index (χ1) is 8.92. The van der Waals surface area contributed by atoms with Crippen molar-refractivity contribution in [3.63, 3.8) is 0 Å². The minimum absolute atomic E-state index is 0.108. The molecule has 6 heteroatoms. The first kappa shape index (κ1) is 14.3. The molecule has 102 valence electrons. The minimum atomic E-state index is -3.58. The van der Waals surface area contributed by atoms with E-state index in [1.165, 1.54) is 18.2 Å². The molecular weight excluding hydrogens is 284 g/mol. The normalized spacial score (nSPS) is 17.5. The van der Waals surface area contributed by atoms with Crippen molar-refractivity contribution in [2.24, 2.45) is 0 Å². The second-order valence-electron chi connectivity index (χ2n) is 4.85. The van der Waals surface area contributed by atoms with Gasteiger partial charge >= 0.3 is 0 Å². The molecule has 0 amide bonds. The van der Waals surface area contributed by atoms with E-state index in [2.05, 4.69) is 4.72 Å². The van der Waals surface area contributed by atoms with Crippen molar-refractivity contribution in [2.45, 2.75) is 43.0 Å². The first-order valence-corrected chi connectivity index (χ1v) is 8.02. The zero-order valence-corrected chi connectivity index (χ0v) is 12.2. The van der Waals surface area contributed by atoms with Gasteiger partial charge in [0.05, 0.1) is 15.5 Å². The van der Waals surface area contributed by atoms with E-state index in [1.807, 2.05) is 13.0 Å². The number of nitriles is 1. The van der Waals surface area contributed by atoms with Gasteiger partial charge in [-0.15, -0.1) is 0 Å². The number of hydrogen-bond acceptors (Lipinski definition) is 3. The monoisotopic (exact) mass is 298 g/mol. The molecule has 0 aliphatic heterocycles. The van der Waals surface area contributed by atoms with E-state index < -0.39 is 10.0 Å². The van der Waals surface area contributed by atoms with Crippen LogP contribution in [0.15, 0.2) is 23.1 Å². The van der Waals surface area contributed by atoms with Gasteiger partial charge in [0.2, 0.25) is 10.0 Å². The van der Waals surface area contributed by atoms with Crippen LogP contribution in [-0.4, -0.2) is 14.0 Å². The molecular formula is C13H15ClN2O2S. The maximum atomic E-state index is 12.3. The van der Waals surface area contributed by atoms with Crippen LogP contribution in [0.4, 0.5) is 0 Å². The Morgan fingerprint density at radius 3 is 2.58 bits per heavy atom. The molecule has 1 aromatic rings. The Labute approximate surface area is 118 Å². The molecule has 0 bridgehead atoms. The fraction of sp³-hybridized carbons (Fsp3) is 0.462. The maximum absolute atomic E-state index is 12.3. The number of hydrogen-bond donors (Lipinski definition) is 1. The van der Waals surface area contributed by atoms with E-state index in [1.54, 1.807) is 0 Å². The highest BCUT2D eigenvalue weighted by molar-refractivity contribution is 7.89. The van der Waals surface area contributed by atoms with Crippen LogP contribution in [0.3, 0.4) is 0 Å². The highest BCUT2D eigenvalue weighted by Gasteiger charge is 2.39. The molecule has 0 atom stereocenters. The third kappa shape index (κ3) is 2.76. The van der Waals surface area contributed by atoms with Gasteiger partial charge in [-0.05, 0) is 43.9 Å². The summed E-state index contributed by atoms with van der Waals surface area (Å²) in [6.45, 7) is 1.98. The molecule has 0 saturated heterocycles. The molecule has 1 aliphatic carbocycles. The summed E-state index contributed by atoms with van der Waals surface area (Å²) >= 11 is 5.87. The number of benzene rings is 1. The van der Waals surface area contributed by atoms with Gasteiger partial charge in [-0.2, -0.15) is 5.26 Å². The van der Waals surface area contributed by atoms with Crippen LogP contribution in [0.2, 0.25) is 5.02 Å². The average Bonchev–Trinajstić information content (AvgIpc) is 2.34. The number of rotatable bonds is 4. The number of nitrogens with zero attached hydrogens (tertiary/aromatic N) is 1. The van der Waals surface area contributed by atoms with Crippen LogP contribution in [0, 0.1) is 11.3 Å². The van der Waals surface area contributed by atoms with Crippen LogP contribution in [0.5, 0.6) is 0 Å². The fourth-order valence-electron chi connectivity index (χ4n) is 2.23. The van der Waals surface area contributed by atoms with Gasteiger partial charge in [0.25, 0.3) is 0 Å². The van der Waals surface area contributed by atoms with Gasteiger partial charge < -0.3 is 0 Å². The standard InChI is InChI=1S/C13H15ClN2O2S/c1-2-13(6-3-7-13)16-19(17,18)11-5-4-10(9-15)12(14)8-11/h4-5,8,16H,2-3,6-7H2,1H3. The van der Waals surface area contributed by atoms with E-state index in [4.69, 9.17) is 16.9 Å². The topological polar surface area (TPSA) is 70.0 Å². The third-order valence-electron chi connectivity index (χ3n) is 3.71. The van der Waals surface area contributed by atoms with Crippen molar-refractivity contribution in [1.29, 1.82) is 5.26 Å². The predicted octanol–water partition coefficient (Wildman–Crippen LogP) is 2.82. The van der Waals surface area contributed by atoms with Gasteiger partial charge in [-0.25, -0.2) is 13.1 Å². The van der Waals surface area contributed by atoms with E-state index in [-0.39, 0.29) is 21.0 Å². The summed E-state index contributed by atoms with van der Waals surface area (Å²) in [6, 6.07) is 6.07. The van der Waals surface area contributed by atoms with Gasteiger partial charge in [-0.1, -0.05) is 18.5 Å². The Balaban J connectivity index is 2.30. The Kier molecular flexibility index (Phi) is 3.86. The third-order valence-corrected chi connectivity index (χ3v) is 5.60.